The van der Waals surface area contributed by atoms with E-state index in [0.717, 1.165) is 31.7 Å². The molecule has 0 radical (unpaired) electrons. The molecule has 0 spiro atoms. The van der Waals surface area contributed by atoms with Crippen LogP contribution in [0.1, 0.15) is 51.9 Å². The van der Waals surface area contributed by atoms with Gasteiger partial charge in [0.1, 0.15) is 0 Å². The van der Waals surface area contributed by atoms with Crippen molar-refractivity contribution in [1.82, 2.24) is 4.90 Å². The molecule has 0 aromatic carbocycles. The van der Waals surface area contributed by atoms with Crippen molar-refractivity contribution in [3.63, 3.8) is 0 Å². The first-order chi connectivity index (χ1) is 8.05. The van der Waals surface area contributed by atoms with E-state index in [9.17, 15) is 5.11 Å². The van der Waals surface area contributed by atoms with Gasteiger partial charge in [0.15, 0.2) is 0 Å². The summed E-state index contributed by atoms with van der Waals surface area (Å²) in [6, 6.07) is 0. The van der Waals surface area contributed by atoms with E-state index in [1.54, 1.807) is 0 Å². The zero-order chi connectivity index (χ0) is 12.4. The lowest BCUT2D eigenvalue weighted by molar-refractivity contribution is -0.0173. The van der Waals surface area contributed by atoms with Gasteiger partial charge in [-0.15, -0.1) is 0 Å². The predicted octanol–water partition coefficient (Wildman–Crippen LogP) is 2.71. The molecule has 0 aromatic rings. The second-order valence-corrected chi connectivity index (χ2v) is 6.81. The van der Waals surface area contributed by atoms with Gasteiger partial charge in [0.05, 0.1) is 5.60 Å². The van der Waals surface area contributed by atoms with Gasteiger partial charge in [-0.3, -0.25) is 0 Å². The number of aliphatic hydroxyl groups is 1. The van der Waals surface area contributed by atoms with Crippen LogP contribution in [0, 0.1) is 5.41 Å². The van der Waals surface area contributed by atoms with E-state index in [2.05, 4.69) is 17.5 Å². The fraction of sp³-hybridized carbons (Fsp3) is 1.00. The van der Waals surface area contributed by atoms with Crippen LogP contribution in [0.3, 0.4) is 0 Å². The molecule has 2 aliphatic rings. The van der Waals surface area contributed by atoms with Crippen LogP contribution in [-0.4, -0.2) is 41.0 Å². The number of rotatable bonds is 3. The summed E-state index contributed by atoms with van der Waals surface area (Å²) in [6.45, 7) is 5.29. The number of likely N-dealkylation sites (tertiary alicyclic amines) is 1. The zero-order valence-corrected chi connectivity index (χ0v) is 12.0. The molecule has 1 saturated carbocycles. The van der Waals surface area contributed by atoms with Gasteiger partial charge < -0.3 is 10.0 Å². The standard InChI is InChI=1S/C14H27NOS/c1-13(16)7-9-15(10-8-13)11-14(12-17)5-3-2-4-6-14/h16-17H,2-12H2,1H3. The lowest BCUT2D eigenvalue weighted by Gasteiger charge is -2.43. The van der Waals surface area contributed by atoms with Crippen LogP contribution >= 0.6 is 12.6 Å². The molecule has 2 fully saturated rings. The second kappa shape index (κ2) is 5.50. The fourth-order valence-corrected chi connectivity index (χ4v) is 3.75. The largest absolute Gasteiger partial charge is 0.390 e. The molecule has 100 valence electrons. The molecule has 17 heavy (non-hydrogen) atoms. The third-order valence-corrected chi connectivity index (χ3v) is 5.41. The van der Waals surface area contributed by atoms with Crippen LogP contribution in [0.2, 0.25) is 0 Å². The van der Waals surface area contributed by atoms with Gasteiger partial charge in [0.25, 0.3) is 0 Å². The quantitative estimate of drug-likeness (QED) is 0.760. The fourth-order valence-electron chi connectivity index (χ4n) is 3.34. The molecule has 0 atom stereocenters. The Morgan fingerprint density at radius 1 is 1.06 bits per heavy atom. The van der Waals surface area contributed by atoms with Gasteiger partial charge in [0, 0.05) is 19.6 Å². The van der Waals surface area contributed by atoms with Crippen molar-refractivity contribution in [2.24, 2.45) is 5.41 Å². The maximum atomic E-state index is 9.98. The first-order valence-electron chi connectivity index (χ1n) is 7.11. The molecule has 1 N–H and O–H groups in total. The van der Waals surface area contributed by atoms with E-state index in [-0.39, 0.29) is 0 Å². The van der Waals surface area contributed by atoms with Gasteiger partial charge in [-0.05, 0) is 43.8 Å². The lowest BCUT2D eigenvalue weighted by Crippen LogP contribution is -2.47. The number of hydrogen-bond donors (Lipinski definition) is 2. The first-order valence-corrected chi connectivity index (χ1v) is 7.74. The Kier molecular flexibility index (Phi) is 4.43. The van der Waals surface area contributed by atoms with E-state index >= 15 is 0 Å². The Morgan fingerprint density at radius 3 is 2.18 bits per heavy atom. The summed E-state index contributed by atoms with van der Waals surface area (Å²) in [5.74, 6) is 1.03. The molecule has 1 heterocycles. The maximum Gasteiger partial charge on any atom is 0.0644 e. The summed E-state index contributed by atoms with van der Waals surface area (Å²) in [5.41, 5.74) is 0.0434. The summed E-state index contributed by atoms with van der Waals surface area (Å²) in [5, 5.41) is 9.98. The first kappa shape index (κ1) is 13.7. The zero-order valence-electron chi connectivity index (χ0n) is 11.1. The minimum Gasteiger partial charge on any atom is -0.390 e. The highest BCUT2D eigenvalue weighted by Gasteiger charge is 2.35. The summed E-state index contributed by atoms with van der Waals surface area (Å²) in [4.78, 5) is 2.56. The third kappa shape index (κ3) is 3.62. The van der Waals surface area contributed by atoms with Crippen LogP contribution in [0.25, 0.3) is 0 Å². The summed E-state index contributed by atoms with van der Waals surface area (Å²) in [7, 11) is 0. The maximum absolute atomic E-state index is 9.98. The molecule has 3 heteroatoms. The number of hydrogen-bond acceptors (Lipinski definition) is 3. The molecule has 1 aliphatic carbocycles. The highest BCUT2D eigenvalue weighted by atomic mass is 32.1. The highest BCUT2D eigenvalue weighted by molar-refractivity contribution is 7.80. The van der Waals surface area contributed by atoms with Crippen LogP contribution in [0.4, 0.5) is 0 Å². The lowest BCUT2D eigenvalue weighted by atomic mass is 9.74. The number of thiol groups is 1. The Morgan fingerprint density at radius 2 is 1.65 bits per heavy atom. The summed E-state index contributed by atoms with van der Waals surface area (Å²) in [6.07, 6.45) is 8.72. The molecular formula is C14H27NOS. The van der Waals surface area contributed by atoms with Crippen molar-refractivity contribution in [3.05, 3.63) is 0 Å². The Balaban J connectivity index is 1.87. The normalized spacial score (nSPS) is 29.1. The van der Waals surface area contributed by atoms with Crippen molar-refractivity contribution in [3.8, 4) is 0 Å². The van der Waals surface area contributed by atoms with E-state index in [0.29, 0.717) is 5.41 Å². The van der Waals surface area contributed by atoms with Crippen LogP contribution < -0.4 is 0 Å². The SMILES string of the molecule is CC1(O)CCN(CC2(CS)CCCCC2)CC1. The third-order valence-electron chi connectivity index (χ3n) is 4.74. The molecule has 0 bridgehead atoms. The average Bonchev–Trinajstić information content (AvgIpc) is 2.33. The van der Waals surface area contributed by atoms with E-state index in [1.807, 2.05) is 6.92 Å². The van der Waals surface area contributed by atoms with Gasteiger partial charge >= 0.3 is 0 Å². The molecule has 2 nitrogen and oxygen atoms in total. The van der Waals surface area contributed by atoms with Crippen molar-refractivity contribution < 1.29 is 5.11 Å². The molecular weight excluding hydrogens is 230 g/mol. The molecule has 0 unspecified atom stereocenters. The topological polar surface area (TPSA) is 23.5 Å². The number of piperidine rings is 1. The minimum atomic E-state index is -0.419. The predicted molar refractivity (Wildman–Crippen MR) is 75.7 cm³/mol. The Hall–Kier alpha value is 0.270. The molecule has 1 aliphatic heterocycles. The van der Waals surface area contributed by atoms with Crippen molar-refractivity contribution in [1.29, 1.82) is 0 Å². The Labute approximate surface area is 111 Å². The van der Waals surface area contributed by atoms with Crippen LogP contribution in [0.15, 0.2) is 0 Å². The van der Waals surface area contributed by atoms with Crippen molar-refractivity contribution in [2.75, 3.05) is 25.4 Å². The molecule has 0 aromatic heterocycles. The van der Waals surface area contributed by atoms with Gasteiger partial charge in [-0.25, -0.2) is 0 Å². The van der Waals surface area contributed by atoms with Crippen molar-refractivity contribution in [2.45, 2.75) is 57.5 Å². The van der Waals surface area contributed by atoms with Gasteiger partial charge in [-0.1, -0.05) is 19.3 Å². The number of nitrogens with zero attached hydrogens (tertiary/aromatic N) is 1. The van der Waals surface area contributed by atoms with Gasteiger partial charge in [-0.2, -0.15) is 12.6 Å². The van der Waals surface area contributed by atoms with Crippen LogP contribution in [0.5, 0.6) is 0 Å². The Bertz CT molecular complexity index is 239. The monoisotopic (exact) mass is 257 g/mol. The van der Waals surface area contributed by atoms with E-state index in [1.165, 1.54) is 38.6 Å². The molecule has 2 rings (SSSR count). The smallest absolute Gasteiger partial charge is 0.0644 e. The van der Waals surface area contributed by atoms with Crippen LogP contribution in [-0.2, 0) is 0 Å². The van der Waals surface area contributed by atoms with Gasteiger partial charge in [0.2, 0.25) is 0 Å². The molecule has 1 saturated heterocycles. The summed E-state index contributed by atoms with van der Waals surface area (Å²) < 4.78 is 0. The minimum absolute atomic E-state index is 0.419. The average molecular weight is 257 g/mol. The van der Waals surface area contributed by atoms with E-state index < -0.39 is 5.60 Å². The molecule has 0 amide bonds. The van der Waals surface area contributed by atoms with Crippen molar-refractivity contribution >= 4 is 12.6 Å². The summed E-state index contributed by atoms with van der Waals surface area (Å²) >= 11 is 4.61. The highest BCUT2D eigenvalue weighted by Crippen LogP contribution is 2.38. The second-order valence-electron chi connectivity index (χ2n) is 6.49. The van der Waals surface area contributed by atoms with E-state index in [4.69, 9.17) is 0 Å².